The smallest absolute Gasteiger partial charge is 0.326 e. The van der Waals surface area contributed by atoms with Crippen molar-refractivity contribution < 1.29 is 49.2 Å². The van der Waals surface area contributed by atoms with E-state index >= 15 is 0 Å². The van der Waals surface area contributed by atoms with Crippen LogP contribution in [-0.2, 0) is 19.2 Å². The summed E-state index contributed by atoms with van der Waals surface area (Å²) in [6.45, 7) is 3.27. The highest BCUT2D eigenvalue weighted by atomic mass is 35.5. The van der Waals surface area contributed by atoms with Gasteiger partial charge in [0.25, 0.3) is 22.9 Å². The Morgan fingerprint density at radius 2 is 1.01 bits per heavy atom. The fourth-order valence-corrected chi connectivity index (χ4v) is 9.54. The molecule has 0 saturated carbocycles. The van der Waals surface area contributed by atoms with Crippen LogP contribution in [0.2, 0.25) is 0 Å². The zero-order valence-corrected chi connectivity index (χ0v) is 37.4. The van der Waals surface area contributed by atoms with Crippen LogP contribution in [0.25, 0.3) is 0 Å². The van der Waals surface area contributed by atoms with E-state index in [0.29, 0.717) is 37.6 Å². The molecule has 14 N–H and O–H groups in total. The molecule has 27 heteroatoms. The molecule has 8 rings (SSSR count). The largest absolute Gasteiger partial charge is 0.481 e. The molecular weight excluding hydrogens is 928 g/mol. The zero-order chi connectivity index (χ0) is 48.7. The maximum Gasteiger partial charge on any atom is 0.326 e. The monoisotopic (exact) mass is 976 g/mol. The van der Waals surface area contributed by atoms with E-state index in [-0.39, 0.29) is 83.4 Å². The number of hydrogen-bond donors (Lipinski definition) is 12. The number of aromatic nitrogens is 4. The second-order valence-electron chi connectivity index (χ2n) is 16.9. The Balaban J connectivity index is 0.00000703. The van der Waals surface area contributed by atoms with Crippen LogP contribution in [0.4, 0.5) is 46.3 Å². The van der Waals surface area contributed by atoms with E-state index in [1.54, 1.807) is 24.3 Å². The first-order valence-electron chi connectivity index (χ1n) is 21.5. The van der Waals surface area contributed by atoms with Gasteiger partial charge >= 0.3 is 23.9 Å². The van der Waals surface area contributed by atoms with Crippen molar-refractivity contribution in [1.82, 2.24) is 30.6 Å². The summed E-state index contributed by atoms with van der Waals surface area (Å²) in [5.41, 5.74) is 12.8. The highest BCUT2D eigenvalue weighted by molar-refractivity contribution is 5.98. The highest BCUT2D eigenvalue weighted by Crippen LogP contribution is 2.45. The number of carbonyl (C=O) groups excluding carboxylic acids is 2. The molecule has 69 heavy (non-hydrogen) atoms. The molecule has 0 aliphatic carbocycles. The van der Waals surface area contributed by atoms with Crippen LogP contribution in [-0.4, -0.2) is 139 Å². The number of fused-ring (bicyclic) bond motifs is 6. The number of nitrogen functional groups attached to an aromatic ring is 2. The van der Waals surface area contributed by atoms with E-state index in [1.807, 2.05) is 26.5 Å². The van der Waals surface area contributed by atoms with Crippen molar-refractivity contribution in [3.8, 4) is 0 Å². The second kappa shape index (κ2) is 19.5. The van der Waals surface area contributed by atoms with Gasteiger partial charge in [-0.1, -0.05) is 6.92 Å². The van der Waals surface area contributed by atoms with E-state index < -0.39 is 90.0 Å². The molecule has 6 heterocycles. The summed E-state index contributed by atoms with van der Waals surface area (Å²) in [4.78, 5) is 122. The molecule has 6 atom stereocenters. The summed E-state index contributed by atoms with van der Waals surface area (Å²) in [5.74, 6) is -6.97. The predicted octanol–water partition coefficient (Wildman–Crippen LogP) is -0.235. The maximum absolute atomic E-state index is 13.9. The fourth-order valence-electron chi connectivity index (χ4n) is 9.54. The number of carbonyl (C=O) groups is 6. The molecule has 0 bridgehead atoms. The summed E-state index contributed by atoms with van der Waals surface area (Å²) >= 11 is 0. The number of hydrogen-bond acceptors (Lipinski definition) is 18. The first kappa shape index (κ1) is 48.6. The number of carboxylic acid groups (broad SMARTS) is 4. The molecule has 2 aromatic carbocycles. The van der Waals surface area contributed by atoms with Gasteiger partial charge in [-0.3, -0.25) is 38.7 Å². The number of halogens is 1. The first-order chi connectivity index (χ1) is 32.4. The Morgan fingerprint density at radius 3 is 1.35 bits per heavy atom. The number of anilines is 8. The van der Waals surface area contributed by atoms with E-state index in [2.05, 4.69) is 41.2 Å². The van der Waals surface area contributed by atoms with Gasteiger partial charge in [0.2, 0.25) is 11.9 Å². The first-order valence-corrected chi connectivity index (χ1v) is 21.5. The van der Waals surface area contributed by atoms with Crippen LogP contribution in [0, 0.1) is 5.92 Å². The van der Waals surface area contributed by atoms with E-state index in [0.717, 1.165) is 0 Å². The Labute approximate surface area is 396 Å². The summed E-state index contributed by atoms with van der Waals surface area (Å²) in [6, 6.07) is 9.09. The number of aromatic amines is 2. The molecule has 6 unspecified atom stereocenters. The number of amides is 2. The highest BCUT2D eigenvalue weighted by Gasteiger charge is 2.54. The van der Waals surface area contributed by atoms with Crippen LogP contribution in [0.15, 0.2) is 58.1 Å². The molecular formula is C42H49ClN14O12. The van der Waals surface area contributed by atoms with E-state index in [1.165, 1.54) is 24.3 Å². The van der Waals surface area contributed by atoms with Gasteiger partial charge in [0.1, 0.15) is 35.8 Å². The van der Waals surface area contributed by atoms with Crippen molar-refractivity contribution in [2.75, 3.05) is 67.9 Å². The van der Waals surface area contributed by atoms with Crippen LogP contribution < -0.4 is 63.5 Å². The maximum atomic E-state index is 13.9. The van der Waals surface area contributed by atoms with Gasteiger partial charge in [-0.25, -0.2) is 9.59 Å². The Hall–Kier alpha value is -8.29. The van der Waals surface area contributed by atoms with Crippen molar-refractivity contribution in [2.24, 2.45) is 5.92 Å². The second-order valence-corrected chi connectivity index (χ2v) is 16.9. The van der Waals surface area contributed by atoms with Gasteiger partial charge in [-0.05, 0) is 61.4 Å². The van der Waals surface area contributed by atoms with Crippen LogP contribution in [0.1, 0.15) is 53.3 Å². The van der Waals surface area contributed by atoms with Crippen molar-refractivity contribution in [3.63, 3.8) is 0 Å². The molecule has 2 amide bonds. The summed E-state index contributed by atoms with van der Waals surface area (Å²) in [7, 11) is 0. The topological polar surface area (TPSA) is 388 Å². The van der Waals surface area contributed by atoms with Crippen molar-refractivity contribution in [3.05, 3.63) is 80.4 Å². The lowest BCUT2D eigenvalue weighted by Gasteiger charge is -2.46. The summed E-state index contributed by atoms with van der Waals surface area (Å²) in [5, 5.41) is 48.7. The van der Waals surface area contributed by atoms with Gasteiger partial charge in [0.15, 0.2) is 11.6 Å². The van der Waals surface area contributed by atoms with E-state index in [9.17, 15) is 48.6 Å². The van der Waals surface area contributed by atoms with Crippen molar-refractivity contribution in [1.29, 1.82) is 0 Å². The molecule has 4 aromatic rings. The minimum atomic E-state index is -1.45. The number of nitrogens with zero attached hydrogens (tertiary/aromatic N) is 6. The Kier molecular flexibility index (Phi) is 13.8. The fraction of sp³-hybridized carbons (Fsp3) is 0.381. The number of H-pyrrole nitrogens is 2. The molecule has 2 saturated heterocycles. The van der Waals surface area contributed by atoms with Crippen LogP contribution in [0.3, 0.4) is 0 Å². The van der Waals surface area contributed by atoms with Gasteiger partial charge in [0, 0.05) is 67.4 Å². The molecule has 0 radical (unpaired) electrons. The Bertz CT molecular complexity index is 2610. The molecule has 2 aromatic heterocycles. The SMILES string of the molecule is CC(C1N(c2ccc(C(=O)NC(CCC(=O)O)C(=O)O)cc2)CC2CNc3nc(N)[nH]c(=O)c3N21)C1N(c2ccc(C(=O)NC(CCC(=O)O)C(=O)O)cc2)CC2CNc3nc(N)[nH]c(=O)c3N21.Cl. The number of nitrogens with two attached hydrogens (primary N) is 2. The van der Waals surface area contributed by atoms with Crippen LogP contribution in [0.5, 0.6) is 0 Å². The number of nitrogens with one attached hydrogen (secondary N) is 6. The van der Waals surface area contributed by atoms with Gasteiger partial charge in [0.05, 0.1) is 12.1 Å². The quantitative estimate of drug-likeness (QED) is 0.0689. The number of benzene rings is 2. The lowest BCUT2D eigenvalue weighted by atomic mass is 9.98. The predicted molar refractivity (Wildman–Crippen MR) is 251 cm³/mol. The molecule has 2 fully saturated rings. The lowest BCUT2D eigenvalue weighted by Crippen LogP contribution is -2.59. The minimum Gasteiger partial charge on any atom is -0.481 e. The summed E-state index contributed by atoms with van der Waals surface area (Å²) < 4.78 is 0. The average molecular weight is 977 g/mol. The van der Waals surface area contributed by atoms with Crippen molar-refractivity contribution >= 4 is 94.4 Å². The summed E-state index contributed by atoms with van der Waals surface area (Å²) in [6.07, 6.45) is -3.04. The lowest BCUT2D eigenvalue weighted by molar-refractivity contribution is -0.142. The standard InChI is InChI=1S/C42H48N14O12.ClH/c1-18(37-53(16-23-14-45-31-29(55(23)37)35(63)51-41(43)49-31)21-6-2-19(3-7-21)33(61)47-25(39(65)66)10-12-27(57)58)38-54(17-24-15-46-32-30(56(24)38)36(64)52-42(44)50-32)22-8-4-20(5-9-22)34(62)48-26(40(67)68)11-13-28(59)60;/h2-9,18,23-26,37-38H,10-17H2,1H3,(H,47,61)(H,48,62)(H,57,58)(H,59,60)(H,65,66)(H,67,68)(H4,43,45,49,51,63)(H4,44,46,50,52,64);1H. The third-order valence-corrected chi connectivity index (χ3v) is 12.5. The third-order valence-electron chi connectivity index (χ3n) is 12.5. The van der Waals surface area contributed by atoms with E-state index in [4.69, 9.17) is 21.7 Å². The Morgan fingerprint density at radius 1 is 0.652 bits per heavy atom. The average Bonchev–Trinajstić information content (AvgIpc) is 3.88. The van der Waals surface area contributed by atoms with Gasteiger partial charge in [-0.15, -0.1) is 12.4 Å². The number of aliphatic carboxylic acids is 4. The normalized spacial score (nSPS) is 20.0. The van der Waals surface area contributed by atoms with Crippen molar-refractivity contribution in [2.45, 2.75) is 69.1 Å². The molecule has 0 spiro atoms. The minimum absolute atomic E-state index is 0. The number of carboxylic acids is 4. The van der Waals surface area contributed by atoms with Crippen LogP contribution >= 0.6 is 12.4 Å². The molecule has 4 aliphatic rings. The molecule has 366 valence electrons. The molecule has 4 aliphatic heterocycles. The third kappa shape index (κ3) is 9.63. The molecule has 26 nitrogen and oxygen atoms in total. The zero-order valence-electron chi connectivity index (χ0n) is 36.6. The number of rotatable bonds is 16. The van der Waals surface area contributed by atoms with Gasteiger partial charge < -0.3 is 72.8 Å². The van der Waals surface area contributed by atoms with Gasteiger partial charge in [-0.2, -0.15) is 9.97 Å².